The van der Waals surface area contributed by atoms with Crippen molar-refractivity contribution in [2.24, 2.45) is 5.73 Å². The Morgan fingerprint density at radius 2 is 2.27 bits per heavy atom. The summed E-state index contributed by atoms with van der Waals surface area (Å²) < 4.78 is 5.72. The third-order valence-corrected chi connectivity index (χ3v) is 2.30. The first-order valence-electron chi connectivity index (χ1n) is 5.00. The highest BCUT2D eigenvalue weighted by atomic mass is 16.5. The van der Waals surface area contributed by atoms with Crippen molar-refractivity contribution < 1.29 is 4.74 Å². The Labute approximate surface area is 88.9 Å². The minimum absolute atomic E-state index is 0.0313. The molecular weight excluding hydrogens is 188 g/mol. The number of hydrogen-bond acceptors (Lipinski definition) is 3. The van der Waals surface area contributed by atoms with Gasteiger partial charge in [-0.15, -0.1) is 0 Å². The largest absolute Gasteiger partial charge is 0.489 e. The van der Waals surface area contributed by atoms with Crippen LogP contribution in [0.25, 0.3) is 10.8 Å². The van der Waals surface area contributed by atoms with Gasteiger partial charge in [0.2, 0.25) is 0 Å². The number of pyridine rings is 1. The van der Waals surface area contributed by atoms with Gasteiger partial charge in [0.05, 0.1) is 0 Å². The van der Waals surface area contributed by atoms with Gasteiger partial charge in [-0.05, 0) is 19.1 Å². The number of ether oxygens (including phenoxy) is 1. The Morgan fingerprint density at radius 3 is 3.07 bits per heavy atom. The fraction of sp³-hybridized carbons (Fsp3) is 0.250. The summed E-state index contributed by atoms with van der Waals surface area (Å²) in [5.41, 5.74) is 5.53. The van der Waals surface area contributed by atoms with Crippen LogP contribution in [0.2, 0.25) is 0 Å². The van der Waals surface area contributed by atoms with E-state index in [0.29, 0.717) is 6.54 Å². The average Bonchev–Trinajstić information content (AvgIpc) is 2.29. The van der Waals surface area contributed by atoms with Crippen molar-refractivity contribution in [3.8, 4) is 5.75 Å². The van der Waals surface area contributed by atoms with Gasteiger partial charge in [-0.25, -0.2) is 0 Å². The van der Waals surface area contributed by atoms with Gasteiger partial charge in [0.1, 0.15) is 11.9 Å². The summed E-state index contributed by atoms with van der Waals surface area (Å²) >= 11 is 0. The molecule has 0 aliphatic heterocycles. The van der Waals surface area contributed by atoms with E-state index >= 15 is 0 Å². The summed E-state index contributed by atoms with van der Waals surface area (Å²) in [6, 6.07) is 7.88. The van der Waals surface area contributed by atoms with Crippen LogP contribution in [0.15, 0.2) is 36.7 Å². The number of benzene rings is 1. The Morgan fingerprint density at radius 1 is 1.40 bits per heavy atom. The van der Waals surface area contributed by atoms with E-state index in [0.717, 1.165) is 16.5 Å². The summed E-state index contributed by atoms with van der Waals surface area (Å²) in [5.74, 6) is 0.868. The van der Waals surface area contributed by atoms with Gasteiger partial charge >= 0.3 is 0 Å². The van der Waals surface area contributed by atoms with Crippen molar-refractivity contribution >= 4 is 10.8 Å². The maximum Gasteiger partial charge on any atom is 0.127 e. The molecule has 3 heteroatoms. The molecule has 0 aliphatic rings. The summed E-state index contributed by atoms with van der Waals surface area (Å²) in [6.07, 6.45) is 3.63. The fourth-order valence-corrected chi connectivity index (χ4v) is 1.46. The van der Waals surface area contributed by atoms with Crippen molar-refractivity contribution in [3.63, 3.8) is 0 Å². The van der Waals surface area contributed by atoms with Gasteiger partial charge in [-0.3, -0.25) is 4.98 Å². The summed E-state index contributed by atoms with van der Waals surface area (Å²) in [6.45, 7) is 2.47. The average molecular weight is 202 g/mol. The Kier molecular flexibility index (Phi) is 2.83. The first kappa shape index (κ1) is 9.93. The van der Waals surface area contributed by atoms with Gasteiger partial charge in [-0.1, -0.05) is 12.1 Å². The molecule has 0 saturated heterocycles. The lowest BCUT2D eigenvalue weighted by molar-refractivity contribution is 0.233. The molecule has 15 heavy (non-hydrogen) atoms. The molecule has 0 radical (unpaired) electrons. The van der Waals surface area contributed by atoms with Crippen molar-refractivity contribution in [1.82, 2.24) is 4.98 Å². The molecule has 0 spiro atoms. The van der Waals surface area contributed by atoms with Crippen LogP contribution in [0.1, 0.15) is 6.92 Å². The minimum Gasteiger partial charge on any atom is -0.489 e. The van der Waals surface area contributed by atoms with Crippen LogP contribution in [0.3, 0.4) is 0 Å². The predicted molar refractivity (Wildman–Crippen MR) is 60.9 cm³/mol. The van der Waals surface area contributed by atoms with Crippen LogP contribution in [-0.4, -0.2) is 17.6 Å². The molecular formula is C12H14N2O. The summed E-state index contributed by atoms with van der Waals surface area (Å²) in [7, 11) is 0. The highest BCUT2D eigenvalue weighted by molar-refractivity contribution is 5.87. The summed E-state index contributed by atoms with van der Waals surface area (Å²) in [4.78, 5) is 4.07. The number of hydrogen-bond donors (Lipinski definition) is 1. The quantitative estimate of drug-likeness (QED) is 0.827. The molecule has 1 heterocycles. The zero-order valence-corrected chi connectivity index (χ0v) is 8.68. The number of rotatable bonds is 3. The molecule has 1 atom stereocenters. The van der Waals surface area contributed by atoms with E-state index in [1.807, 2.05) is 37.4 Å². The first-order chi connectivity index (χ1) is 7.31. The molecule has 2 aromatic rings. The number of nitrogens with two attached hydrogens (primary N) is 1. The molecule has 2 rings (SSSR count). The smallest absolute Gasteiger partial charge is 0.127 e. The molecule has 78 valence electrons. The zero-order valence-electron chi connectivity index (χ0n) is 8.68. The normalized spacial score (nSPS) is 12.7. The molecule has 0 bridgehead atoms. The van der Waals surface area contributed by atoms with Gasteiger partial charge < -0.3 is 10.5 Å². The fourth-order valence-electron chi connectivity index (χ4n) is 1.46. The molecule has 1 aromatic carbocycles. The zero-order chi connectivity index (χ0) is 10.7. The van der Waals surface area contributed by atoms with E-state index < -0.39 is 0 Å². The minimum atomic E-state index is 0.0313. The maximum atomic E-state index is 5.72. The van der Waals surface area contributed by atoms with E-state index in [1.54, 1.807) is 6.20 Å². The van der Waals surface area contributed by atoms with Crippen LogP contribution in [-0.2, 0) is 0 Å². The van der Waals surface area contributed by atoms with Crippen LogP contribution in [0.4, 0.5) is 0 Å². The monoisotopic (exact) mass is 202 g/mol. The van der Waals surface area contributed by atoms with Crippen molar-refractivity contribution in [2.45, 2.75) is 13.0 Å². The number of nitrogens with zero attached hydrogens (tertiary/aromatic N) is 1. The van der Waals surface area contributed by atoms with Crippen molar-refractivity contribution in [3.05, 3.63) is 36.7 Å². The highest BCUT2D eigenvalue weighted by Gasteiger charge is 2.04. The Hall–Kier alpha value is -1.61. The molecule has 2 N–H and O–H groups in total. The maximum absolute atomic E-state index is 5.72. The number of fused-ring (bicyclic) bond motifs is 1. The van der Waals surface area contributed by atoms with Gasteiger partial charge in [0.25, 0.3) is 0 Å². The molecule has 1 aromatic heterocycles. The standard InChI is InChI=1S/C12H14N2O/c1-9(7-13)15-12-4-2-3-10-8-14-6-5-11(10)12/h2-6,8-9H,7,13H2,1H3. The van der Waals surface area contributed by atoms with Crippen LogP contribution >= 0.6 is 0 Å². The lowest BCUT2D eigenvalue weighted by Crippen LogP contribution is -2.22. The molecule has 0 fully saturated rings. The Bertz CT molecular complexity index is 451. The predicted octanol–water partition coefficient (Wildman–Crippen LogP) is 1.96. The third kappa shape index (κ3) is 2.07. The lowest BCUT2D eigenvalue weighted by Gasteiger charge is -2.14. The third-order valence-electron chi connectivity index (χ3n) is 2.30. The van der Waals surface area contributed by atoms with Crippen molar-refractivity contribution in [2.75, 3.05) is 6.54 Å². The summed E-state index contributed by atoms with van der Waals surface area (Å²) in [5, 5.41) is 2.16. The molecule has 3 nitrogen and oxygen atoms in total. The first-order valence-corrected chi connectivity index (χ1v) is 5.00. The lowest BCUT2D eigenvalue weighted by atomic mass is 10.1. The van der Waals surface area contributed by atoms with E-state index in [9.17, 15) is 0 Å². The van der Waals surface area contributed by atoms with Gasteiger partial charge in [-0.2, -0.15) is 0 Å². The second kappa shape index (κ2) is 4.28. The second-order valence-electron chi connectivity index (χ2n) is 3.52. The van der Waals surface area contributed by atoms with E-state index in [2.05, 4.69) is 4.98 Å². The SMILES string of the molecule is CC(CN)Oc1cccc2cnccc12. The van der Waals surface area contributed by atoms with E-state index in [1.165, 1.54) is 0 Å². The van der Waals surface area contributed by atoms with Crippen LogP contribution < -0.4 is 10.5 Å². The van der Waals surface area contributed by atoms with Crippen LogP contribution in [0.5, 0.6) is 5.75 Å². The second-order valence-corrected chi connectivity index (χ2v) is 3.52. The number of aromatic nitrogens is 1. The van der Waals surface area contributed by atoms with Gasteiger partial charge in [0.15, 0.2) is 0 Å². The van der Waals surface area contributed by atoms with Crippen LogP contribution in [0, 0.1) is 0 Å². The molecule has 0 amide bonds. The highest BCUT2D eigenvalue weighted by Crippen LogP contribution is 2.25. The molecule has 0 saturated carbocycles. The molecule has 0 aliphatic carbocycles. The topological polar surface area (TPSA) is 48.1 Å². The van der Waals surface area contributed by atoms with E-state index in [-0.39, 0.29) is 6.10 Å². The van der Waals surface area contributed by atoms with Gasteiger partial charge in [0, 0.05) is 29.7 Å². The Balaban J connectivity index is 2.42. The van der Waals surface area contributed by atoms with Crippen molar-refractivity contribution in [1.29, 1.82) is 0 Å². The van der Waals surface area contributed by atoms with E-state index in [4.69, 9.17) is 10.5 Å². The molecule has 1 unspecified atom stereocenters.